The van der Waals surface area contributed by atoms with Crippen molar-refractivity contribution >= 4 is 5.78 Å². The number of carbonyl (C=O) groups is 1. The first-order valence-corrected chi connectivity index (χ1v) is 6.41. The van der Waals surface area contributed by atoms with Gasteiger partial charge in [-0.2, -0.15) is 0 Å². The van der Waals surface area contributed by atoms with Crippen LogP contribution in [-0.2, 0) is 17.6 Å². The minimum Gasteiger partial charge on any atom is -0.506 e. The first-order chi connectivity index (χ1) is 9.21. The smallest absolute Gasteiger partial charge is 0.184 e. The summed E-state index contributed by atoms with van der Waals surface area (Å²) in [5, 5.41) is 9.91. The molecule has 0 amide bonds. The third kappa shape index (κ3) is 1.24. The van der Waals surface area contributed by atoms with E-state index in [0.717, 1.165) is 0 Å². The summed E-state index contributed by atoms with van der Waals surface area (Å²) < 4.78 is 0. The van der Waals surface area contributed by atoms with Crippen molar-refractivity contribution < 1.29 is 9.90 Å². The number of allylic oxidation sites excluding steroid dienone is 2. The fraction of sp³-hybridized carbons (Fsp3) is 0.188. The third-order valence-corrected chi connectivity index (χ3v) is 4.28. The minimum atomic E-state index is -0.558. The zero-order valence-electron chi connectivity index (χ0n) is 10.3. The van der Waals surface area contributed by atoms with Crippen molar-refractivity contribution in [2.24, 2.45) is 0 Å². The van der Waals surface area contributed by atoms with Crippen LogP contribution in [-0.4, -0.2) is 21.3 Å². The largest absolute Gasteiger partial charge is 0.506 e. The lowest BCUT2D eigenvalue weighted by Crippen LogP contribution is -2.48. The lowest BCUT2D eigenvalue weighted by molar-refractivity contribution is -0.121. The lowest BCUT2D eigenvalue weighted by Gasteiger charge is -2.35. The van der Waals surface area contributed by atoms with Gasteiger partial charge in [0.25, 0.3) is 0 Å². The van der Waals surface area contributed by atoms with Crippen LogP contribution < -0.4 is 0 Å². The van der Waals surface area contributed by atoms with Crippen LogP contribution in [0.5, 0.6) is 0 Å². The molecular weight excluding hydrogens is 238 g/mol. The molecule has 2 heterocycles. The predicted octanol–water partition coefficient (Wildman–Crippen LogP) is 2.26. The number of aliphatic hydroxyl groups excluding tert-OH is 1. The molecule has 1 spiro atoms. The molecule has 4 rings (SSSR count). The zero-order valence-corrected chi connectivity index (χ0v) is 10.3. The van der Waals surface area contributed by atoms with Crippen molar-refractivity contribution in [3.63, 3.8) is 0 Å². The monoisotopic (exact) mass is 251 g/mol. The lowest BCUT2D eigenvalue weighted by atomic mass is 9.91. The summed E-state index contributed by atoms with van der Waals surface area (Å²) in [6.45, 7) is 0. The van der Waals surface area contributed by atoms with E-state index in [1.54, 1.807) is 18.2 Å². The maximum atomic E-state index is 12.5. The van der Waals surface area contributed by atoms with Gasteiger partial charge in [-0.25, -0.2) is 0 Å². The summed E-state index contributed by atoms with van der Waals surface area (Å²) >= 11 is 0. The Bertz CT molecular complexity index is 657. The molecule has 0 atom stereocenters. The Morgan fingerprint density at radius 3 is 2.53 bits per heavy atom. The average molecular weight is 251 g/mol. The van der Waals surface area contributed by atoms with Crippen LogP contribution in [0.25, 0.3) is 0 Å². The van der Waals surface area contributed by atoms with Gasteiger partial charge in [0.15, 0.2) is 5.78 Å². The van der Waals surface area contributed by atoms with Crippen LogP contribution >= 0.6 is 0 Å². The minimum absolute atomic E-state index is 0.0881. The Morgan fingerprint density at radius 1 is 1.16 bits per heavy atom. The van der Waals surface area contributed by atoms with Crippen LogP contribution in [0.2, 0.25) is 0 Å². The van der Waals surface area contributed by atoms with Crippen LogP contribution in [0, 0.1) is 0 Å². The summed E-state index contributed by atoms with van der Waals surface area (Å²) in [6.07, 6.45) is 8.29. The molecule has 0 aromatic heterocycles. The number of carbonyl (C=O) groups excluding carboxylic acids is 1. The Labute approximate surface area is 111 Å². The van der Waals surface area contributed by atoms with Crippen LogP contribution in [0.15, 0.2) is 60.1 Å². The van der Waals surface area contributed by atoms with E-state index < -0.39 is 5.54 Å². The Kier molecular flexibility index (Phi) is 1.89. The number of nitrogens with zero attached hydrogens (tertiary/aromatic N) is 1. The molecule has 94 valence electrons. The second-order valence-corrected chi connectivity index (χ2v) is 5.31. The van der Waals surface area contributed by atoms with Crippen LogP contribution in [0.4, 0.5) is 0 Å². The number of hydrogen-bond acceptors (Lipinski definition) is 3. The Hall–Kier alpha value is -2.29. The van der Waals surface area contributed by atoms with E-state index in [4.69, 9.17) is 0 Å². The highest BCUT2D eigenvalue weighted by atomic mass is 16.3. The fourth-order valence-electron chi connectivity index (χ4n) is 3.34. The van der Waals surface area contributed by atoms with Gasteiger partial charge >= 0.3 is 0 Å². The zero-order chi connectivity index (χ0) is 13.0. The van der Waals surface area contributed by atoms with Gasteiger partial charge in [0.1, 0.15) is 11.3 Å². The number of fused-ring (bicyclic) bond motifs is 3. The SMILES string of the molecule is O=C1C=C2C(O)=CC=CN2C12Cc1ccccc1C2. The number of hydrogen-bond donors (Lipinski definition) is 1. The van der Waals surface area contributed by atoms with E-state index >= 15 is 0 Å². The molecule has 0 saturated carbocycles. The molecule has 3 nitrogen and oxygen atoms in total. The van der Waals surface area contributed by atoms with Crippen molar-refractivity contribution in [3.8, 4) is 0 Å². The van der Waals surface area contributed by atoms with E-state index in [9.17, 15) is 9.90 Å². The van der Waals surface area contributed by atoms with E-state index in [1.807, 2.05) is 23.2 Å². The van der Waals surface area contributed by atoms with E-state index in [1.165, 1.54) is 11.1 Å². The first-order valence-electron chi connectivity index (χ1n) is 6.41. The normalized spacial score (nSPS) is 22.3. The second kappa shape index (κ2) is 3.38. The summed E-state index contributed by atoms with van der Waals surface area (Å²) in [5.74, 6) is 0.258. The molecule has 1 aromatic rings. The molecule has 2 aliphatic heterocycles. The maximum absolute atomic E-state index is 12.5. The topological polar surface area (TPSA) is 40.5 Å². The molecule has 0 radical (unpaired) electrons. The Morgan fingerprint density at radius 2 is 1.84 bits per heavy atom. The number of benzene rings is 1. The Balaban J connectivity index is 1.82. The number of aliphatic hydroxyl groups is 1. The molecule has 0 saturated heterocycles. The predicted molar refractivity (Wildman–Crippen MR) is 71.4 cm³/mol. The van der Waals surface area contributed by atoms with E-state index in [2.05, 4.69) is 12.1 Å². The number of rotatable bonds is 0. The van der Waals surface area contributed by atoms with E-state index in [0.29, 0.717) is 18.5 Å². The van der Waals surface area contributed by atoms with Gasteiger partial charge in [-0.1, -0.05) is 24.3 Å². The van der Waals surface area contributed by atoms with Gasteiger partial charge in [-0.15, -0.1) is 0 Å². The molecule has 3 heteroatoms. The van der Waals surface area contributed by atoms with Crippen molar-refractivity contribution in [1.82, 2.24) is 4.90 Å². The summed E-state index contributed by atoms with van der Waals surface area (Å²) in [7, 11) is 0. The molecular formula is C16H13NO2. The maximum Gasteiger partial charge on any atom is 0.184 e. The van der Waals surface area contributed by atoms with Crippen molar-refractivity contribution in [3.05, 3.63) is 71.3 Å². The highest BCUT2D eigenvalue weighted by Gasteiger charge is 2.52. The molecule has 1 aliphatic carbocycles. The molecule has 0 bridgehead atoms. The van der Waals surface area contributed by atoms with Crippen molar-refractivity contribution in [1.29, 1.82) is 0 Å². The average Bonchev–Trinajstić information content (AvgIpc) is 2.92. The highest BCUT2D eigenvalue weighted by Crippen LogP contribution is 2.43. The molecule has 1 N–H and O–H groups in total. The molecule has 1 aromatic carbocycles. The second-order valence-electron chi connectivity index (χ2n) is 5.31. The van der Waals surface area contributed by atoms with Gasteiger partial charge in [0, 0.05) is 25.1 Å². The van der Waals surface area contributed by atoms with Gasteiger partial charge < -0.3 is 10.0 Å². The highest BCUT2D eigenvalue weighted by molar-refractivity contribution is 6.03. The fourth-order valence-corrected chi connectivity index (χ4v) is 3.34. The molecule has 0 fully saturated rings. The van der Waals surface area contributed by atoms with Gasteiger partial charge in [0.2, 0.25) is 0 Å². The van der Waals surface area contributed by atoms with Crippen molar-refractivity contribution in [2.45, 2.75) is 18.4 Å². The first kappa shape index (κ1) is 10.6. The van der Waals surface area contributed by atoms with Crippen LogP contribution in [0.1, 0.15) is 11.1 Å². The molecule has 0 unspecified atom stereocenters. The summed E-state index contributed by atoms with van der Waals surface area (Å²) in [4.78, 5) is 14.4. The van der Waals surface area contributed by atoms with Gasteiger partial charge in [-0.05, 0) is 23.3 Å². The van der Waals surface area contributed by atoms with E-state index in [-0.39, 0.29) is 11.5 Å². The van der Waals surface area contributed by atoms with Crippen LogP contribution in [0.3, 0.4) is 0 Å². The quantitative estimate of drug-likeness (QED) is 0.769. The molecule has 3 aliphatic rings. The standard InChI is InChI=1S/C16H13NO2/c18-14-6-3-7-17-13(14)8-15(19)16(17)9-11-4-1-2-5-12(11)10-16/h1-8,18H,9-10H2. The summed E-state index contributed by atoms with van der Waals surface area (Å²) in [6, 6.07) is 8.18. The third-order valence-electron chi connectivity index (χ3n) is 4.28. The van der Waals surface area contributed by atoms with Gasteiger partial charge in [0.05, 0.1) is 5.70 Å². The van der Waals surface area contributed by atoms with Gasteiger partial charge in [-0.3, -0.25) is 4.79 Å². The number of ketones is 1. The summed E-state index contributed by atoms with van der Waals surface area (Å²) in [5.41, 5.74) is 2.53. The molecule has 19 heavy (non-hydrogen) atoms. The van der Waals surface area contributed by atoms with Crippen molar-refractivity contribution in [2.75, 3.05) is 0 Å².